The molecule has 0 fully saturated rings. The third-order valence-corrected chi connectivity index (χ3v) is 6.60. The van der Waals surface area contributed by atoms with E-state index in [1.165, 1.54) is 59.4 Å². The summed E-state index contributed by atoms with van der Waals surface area (Å²) in [7, 11) is 0. The van der Waals surface area contributed by atoms with Crippen LogP contribution in [0, 0.1) is 0 Å². The standard InChI is InChI=1S/C24H32Cl2S/c25-19-11-3-1-5-13-21-15-7-9-17-23(21)27-24-18-10-8-16-22(24)14-6-2-4-12-20-26/h7-10,15-18H,1-6,11-14,19-20H2. The van der Waals surface area contributed by atoms with Crippen LogP contribution in [0.3, 0.4) is 0 Å². The number of alkyl halides is 2. The maximum atomic E-state index is 5.78. The van der Waals surface area contributed by atoms with Gasteiger partial charge >= 0.3 is 0 Å². The molecule has 2 rings (SSSR count). The number of unbranched alkanes of at least 4 members (excludes halogenated alkanes) is 6. The van der Waals surface area contributed by atoms with Crippen LogP contribution in [0.1, 0.15) is 62.5 Å². The fraction of sp³-hybridized carbons (Fsp3) is 0.500. The van der Waals surface area contributed by atoms with Crippen molar-refractivity contribution >= 4 is 35.0 Å². The number of hydrogen-bond acceptors (Lipinski definition) is 1. The Balaban J connectivity index is 1.94. The smallest absolute Gasteiger partial charge is 0.0223 e. The highest BCUT2D eigenvalue weighted by atomic mass is 35.5. The lowest BCUT2D eigenvalue weighted by atomic mass is 10.1. The van der Waals surface area contributed by atoms with Crippen LogP contribution in [-0.4, -0.2) is 11.8 Å². The molecule has 0 saturated carbocycles. The van der Waals surface area contributed by atoms with Gasteiger partial charge in [0.25, 0.3) is 0 Å². The van der Waals surface area contributed by atoms with Crippen molar-refractivity contribution in [2.24, 2.45) is 0 Å². The maximum Gasteiger partial charge on any atom is 0.0223 e. The van der Waals surface area contributed by atoms with Crippen molar-refractivity contribution in [1.29, 1.82) is 0 Å². The van der Waals surface area contributed by atoms with E-state index in [9.17, 15) is 0 Å². The molecule has 0 spiro atoms. The summed E-state index contributed by atoms with van der Waals surface area (Å²) in [6.07, 6.45) is 12.1. The summed E-state index contributed by atoms with van der Waals surface area (Å²) in [5, 5.41) is 0. The quantitative estimate of drug-likeness (QED) is 0.217. The number of halogens is 2. The third-order valence-electron chi connectivity index (χ3n) is 4.82. The van der Waals surface area contributed by atoms with Crippen molar-refractivity contribution < 1.29 is 0 Å². The summed E-state index contributed by atoms with van der Waals surface area (Å²) in [6, 6.07) is 17.8. The normalized spacial score (nSPS) is 11.0. The zero-order valence-corrected chi connectivity index (χ0v) is 18.6. The Hall–Kier alpha value is -0.630. The molecule has 0 unspecified atom stereocenters. The minimum atomic E-state index is 0.787. The Bertz CT molecular complexity index is 586. The average Bonchev–Trinajstić information content (AvgIpc) is 2.70. The van der Waals surface area contributed by atoms with Crippen LogP contribution in [0.2, 0.25) is 0 Å². The highest BCUT2D eigenvalue weighted by molar-refractivity contribution is 7.99. The minimum Gasteiger partial charge on any atom is -0.127 e. The maximum absolute atomic E-state index is 5.78. The van der Waals surface area contributed by atoms with E-state index in [2.05, 4.69) is 48.5 Å². The zero-order chi connectivity index (χ0) is 19.2. The molecule has 0 aromatic heterocycles. The fourth-order valence-corrected chi connectivity index (χ4v) is 4.78. The van der Waals surface area contributed by atoms with E-state index in [1.54, 1.807) is 0 Å². The van der Waals surface area contributed by atoms with E-state index in [1.807, 2.05) is 11.8 Å². The summed E-state index contributed by atoms with van der Waals surface area (Å²) in [5.74, 6) is 1.57. The molecule has 2 aromatic rings. The molecule has 0 atom stereocenters. The minimum absolute atomic E-state index is 0.787. The van der Waals surface area contributed by atoms with Crippen LogP contribution in [0.5, 0.6) is 0 Å². The van der Waals surface area contributed by atoms with Crippen molar-refractivity contribution in [2.75, 3.05) is 11.8 Å². The molecular formula is C24H32Cl2S. The molecule has 0 saturated heterocycles. The molecular weight excluding hydrogens is 391 g/mol. The molecule has 0 aliphatic heterocycles. The molecule has 148 valence electrons. The molecule has 0 nitrogen and oxygen atoms in total. The Morgan fingerprint density at radius 3 is 1.37 bits per heavy atom. The molecule has 0 aliphatic carbocycles. The summed E-state index contributed by atoms with van der Waals surface area (Å²) in [4.78, 5) is 2.81. The molecule has 3 heteroatoms. The zero-order valence-electron chi connectivity index (χ0n) is 16.3. The molecule has 2 aromatic carbocycles. The van der Waals surface area contributed by atoms with Gasteiger partial charge in [0.2, 0.25) is 0 Å². The van der Waals surface area contributed by atoms with E-state index in [0.29, 0.717) is 0 Å². The third kappa shape index (κ3) is 8.94. The summed E-state index contributed by atoms with van der Waals surface area (Å²) < 4.78 is 0. The molecule has 0 bridgehead atoms. The van der Waals surface area contributed by atoms with Crippen molar-refractivity contribution in [1.82, 2.24) is 0 Å². The van der Waals surface area contributed by atoms with Crippen LogP contribution in [-0.2, 0) is 12.8 Å². The highest BCUT2D eigenvalue weighted by Gasteiger charge is 2.08. The topological polar surface area (TPSA) is 0 Å². The summed E-state index contributed by atoms with van der Waals surface area (Å²) in [5.41, 5.74) is 2.95. The van der Waals surface area contributed by atoms with Gasteiger partial charge in [0.05, 0.1) is 0 Å². The molecule has 0 amide bonds. The highest BCUT2D eigenvalue weighted by Crippen LogP contribution is 2.34. The number of benzene rings is 2. The largest absolute Gasteiger partial charge is 0.127 e. The van der Waals surface area contributed by atoms with Crippen LogP contribution in [0.25, 0.3) is 0 Å². The van der Waals surface area contributed by atoms with Crippen LogP contribution < -0.4 is 0 Å². The van der Waals surface area contributed by atoms with Gasteiger partial charge in [-0.2, -0.15) is 0 Å². The van der Waals surface area contributed by atoms with E-state index >= 15 is 0 Å². The van der Waals surface area contributed by atoms with Gasteiger partial charge in [0, 0.05) is 21.6 Å². The predicted octanol–water partition coefficient (Wildman–Crippen LogP) is 8.52. The molecule has 0 N–H and O–H groups in total. The van der Waals surface area contributed by atoms with Crippen LogP contribution >= 0.6 is 35.0 Å². The van der Waals surface area contributed by atoms with Crippen LogP contribution in [0.15, 0.2) is 58.3 Å². The first-order chi connectivity index (χ1) is 13.3. The second-order valence-corrected chi connectivity index (χ2v) is 8.86. The van der Waals surface area contributed by atoms with Gasteiger partial charge in [-0.25, -0.2) is 0 Å². The van der Waals surface area contributed by atoms with Gasteiger partial charge in [0.1, 0.15) is 0 Å². The first-order valence-corrected chi connectivity index (χ1v) is 12.2. The van der Waals surface area contributed by atoms with Gasteiger partial charge in [-0.05, 0) is 61.8 Å². The van der Waals surface area contributed by atoms with Crippen molar-refractivity contribution in [3.05, 3.63) is 59.7 Å². The second kappa shape index (κ2) is 14.4. The van der Waals surface area contributed by atoms with E-state index in [0.717, 1.165) is 37.4 Å². The Morgan fingerprint density at radius 1 is 0.519 bits per heavy atom. The fourth-order valence-electron chi connectivity index (χ4n) is 3.27. The first kappa shape index (κ1) is 22.7. The van der Waals surface area contributed by atoms with Crippen molar-refractivity contribution in [3.63, 3.8) is 0 Å². The number of hydrogen-bond donors (Lipinski definition) is 0. The second-order valence-electron chi connectivity index (χ2n) is 7.02. The van der Waals surface area contributed by atoms with Gasteiger partial charge < -0.3 is 0 Å². The Morgan fingerprint density at radius 2 is 0.926 bits per heavy atom. The lowest BCUT2D eigenvalue weighted by Gasteiger charge is -2.12. The number of aryl methyl sites for hydroxylation is 2. The van der Waals surface area contributed by atoms with Gasteiger partial charge in [-0.15, -0.1) is 23.2 Å². The SMILES string of the molecule is ClCCCCCCc1ccccc1Sc1ccccc1CCCCCCCl. The van der Waals surface area contributed by atoms with Crippen LogP contribution in [0.4, 0.5) is 0 Å². The van der Waals surface area contributed by atoms with Crippen molar-refractivity contribution in [3.8, 4) is 0 Å². The lowest BCUT2D eigenvalue weighted by Crippen LogP contribution is -1.92. The lowest BCUT2D eigenvalue weighted by molar-refractivity contribution is 0.664. The molecule has 27 heavy (non-hydrogen) atoms. The van der Waals surface area contributed by atoms with E-state index < -0.39 is 0 Å². The molecule has 0 aliphatic rings. The average molecular weight is 423 g/mol. The summed E-state index contributed by atoms with van der Waals surface area (Å²) in [6.45, 7) is 0. The first-order valence-electron chi connectivity index (χ1n) is 10.3. The monoisotopic (exact) mass is 422 g/mol. The molecule has 0 heterocycles. The predicted molar refractivity (Wildman–Crippen MR) is 123 cm³/mol. The summed E-state index contributed by atoms with van der Waals surface area (Å²) >= 11 is 13.5. The Kier molecular flexibility index (Phi) is 12.1. The van der Waals surface area contributed by atoms with Gasteiger partial charge in [-0.1, -0.05) is 73.8 Å². The number of rotatable bonds is 14. The molecule has 0 radical (unpaired) electrons. The van der Waals surface area contributed by atoms with Gasteiger partial charge in [-0.3, -0.25) is 0 Å². The van der Waals surface area contributed by atoms with Gasteiger partial charge in [0.15, 0.2) is 0 Å². The van der Waals surface area contributed by atoms with E-state index in [-0.39, 0.29) is 0 Å². The van der Waals surface area contributed by atoms with E-state index in [4.69, 9.17) is 23.2 Å². The Labute approximate surface area is 180 Å². The van der Waals surface area contributed by atoms with Crippen molar-refractivity contribution in [2.45, 2.75) is 74.0 Å².